The number of fused-ring (bicyclic) bond motifs is 3. The van der Waals surface area contributed by atoms with E-state index in [0.29, 0.717) is 6.42 Å². The largest absolute Gasteiger partial charge is 0.326 e. The van der Waals surface area contributed by atoms with Gasteiger partial charge in [-0.1, -0.05) is 19.4 Å². The van der Waals surface area contributed by atoms with E-state index in [1.807, 2.05) is 18.2 Å². The Morgan fingerprint density at radius 2 is 2.10 bits per heavy atom. The van der Waals surface area contributed by atoms with Crippen LogP contribution in [-0.2, 0) is 17.6 Å². The molecule has 0 aliphatic heterocycles. The molecule has 2 aromatic rings. The highest BCUT2D eigenvalue weighted by Gasteiger charge is 2.17. The molecular weight excluding hydrogens is 264 g/mol. The van der Waals surface area contributed by atoms with Crippen molar-refractivity contribution in [3.8, 4) is 0 Å². The zero-order valence-electron chi connectivity index (χ0n) is 12.3. The summed E-state index contributed by atoms with van der Waals surface area (Å²) >= 11 is 0. The van der Waals surface area contributed by atoms with Crippen molar-refractivity contribution in [1.29, 1.82) is 0 Å². The number of unbranched alkanes of at least 4 members (excludes halogenated alkanes) is 1. The van der Waals surface area contributed by atoms with Crippen LogP contribution in [0.4, 0.5) is 5.69 Å². The van der Waals surface area contributed by atoms with Gasteiger partial charge in [-0.15, -0.1) is 0 Å². The maximum Gasteiger partial charge on any atom is 0.251 e. The summed E-state index contributed by atoms with van der Waals surface area (Å²) in [6.45, 7) is 2.06. The van der Waals surface area contributed by atoms with Crippen molar-refractivity contribution in [2.24, 2.45) is 0 Å². The fraction of sp³-hybridized carbons (Fsp3) is 0.412. The second kappa shape index (κ2) is 5.72. The first-order valence-electron chi connectivity index (χ1n) is 7.66. The third kappa shape index (κ3) is 2.71. The molecule has 2 N–H and O–H groups in total. The number of hydrogen-bond donors (Lipinski definition) is 2. The van der Waals surface area contributed by atoms with Crippen LogP contribution in [0.3, 0.4) is 0 Å². The Hall–Kier alpha value is -2.10. The molecule has 1 heterocycles. The zero-order chi connectivity index (χ0) is 14.8. The number of nitrogens with one attached hydrogen (secondary N) is 2. The summed E-state index contributed by atoms with van der Waals surface area (Å²) in [6, 6.07) is 5.78. The minimum atomic E-state index is 0.0180. The lowest BCUT2D eigenvalue weighted by atomic mass is 10.1. The highest BCUT2D eigenvalue weighted by molar-refractivity contribution is 5.94. The van der Waals surface area contributed by atoms with E-state index in [0.717, 1.165) is 54.3 Å². The van der Waals surface area contributed by atoms with Crippen LogP contribution >= 0.6 is 0 Å². The van der Waals surface area contributed by atoms with Gasteiger partial charge in [0.05, 0.1) is 5.52 Å². The molecule has 0 saturated heterocycles. The van der Waals surface area contributed by atoms with Gasteiger partial charge < -0.3 is 10.3 Å². The normalized spacial score (nSPS) is 13.4. The molecular formula is C17H20N2O2. The van der Waals surface area contributed by atoms with Gasteiger partial charge in [-0.25, -0.2) is 0 Å². The van der Waals surface area contributed by atoms with E-state index in [4.69, 9.17) is 0 Å². The van der Waals surface area contributed by atoms with Gasteiger partial charge in [0, 0.05) is 23.1 Å². The average Bonchev–Trinajstić information content (AvgIpc) is 2.95. The Morgan fingerprint density at radius 1 is 1.29 bits per heavy atom. The smallest absolute Gasteiger partial charge is 0.251 e. The van der Waals surface area contributed by atoms with Crippen LogP contribution < -0.4 is 10.9 Å². The molecule has 1 aromatic carbocycles. The number of pyridine rings is 1. The number of hydrogen-bond acceptors (Lipinski definition) is 2. The van der Waals surface area contributed by atoms with E-state index >= 15 is 0 Å². The first-order valence-corrected chi connectivity index (χ1v) is 7.66. The van der Waals surface area contributed by atoms with Crippen LogP contribution in [0, 0.1) is 0 Å². The predicted octanol–water partition coefficient (Wildman–Crippen LogP) is 3.15. The minimum absolute atomic E-state index is 0.0180. The molecule has 0 saturated carbocycles. The first-order chi connectivity index (χ1) is 10.2. The molecule has 0 fully saturated rings. The molecule has 0 spiro atoms. The van der Waals surface area contributed by atoms with Crippen molar-refractivity contribution < 1.29 is 4.79 Å². The van der Waals surface area contributed by atoms with Crippen LogP contribution in [0.2, 0.25) is 0 Å². The van der Waals surface area contributed by atoms with Crippen molar-refractivity contribution in [1.82, 2.24) is 4.98 Å². The molecule has 0 bridgehead atoms. The van der Waals surface area contributed by atoms with Crippen molar-refractivity contribution in [2.75, 3.05) is 5.32 Å². The maximum absolute atomic E-state index is 12.1. The number of carbonyl (C=O) groups is 1. The molecule has 1 aromatic heterocycles. The van der Waals surface area contributed by atoms with Gasteiger partial charge in [0.15, 0.2) is 0 Å². The van der Waals surface area contributed by atoms with Crippen molar-refractivity contribution >= 4 is 22.5 Å². The topological polar surface area (TPSA) is 62.0 Å². The van der Waals surface area contributed by atoms with Crippen molar-refractivity contribution in [3.05, 3.63) is 39.7 Å². The van der Waals surface area contributed by atoms with Gasteiger partial charge in [0.2, 0.25) is 5.91 Å². The molecule has 0 atom stereocenters. The van der Waals surface area contributed by atoms with Crippen LogP contribution in [0.25, 0.3) is 10.9 Å². The molecule has 1 aliphatic carbocycles. The molecule has 1 aliphatic rings. The van der Waals surface area contributed by atoms with Gasteiger partial charge in [-0.3, -0.25) is 9.59 Å². The van der Waals surface area contributed by atoms with Gasteiger partial charge >= 0.3 is 0 Å². The number of benzene rings is 1. The quantitative estimate of drug-likeness (QED) is 0.906. The Morgan fingerprint density at radius 3 is 2.90 bits per heavy atom. The van der Waals surface area contributed by atoms with Crippen LogP contribution in [-0.4, -0.2) is 10.9 Å². The summed E-state index contributed by atoms with van der Waals surface area (Å²) in [5.41, 5.74) is 3.69. The summed E-state index contributed by atoms with van der Waals surface area (Å²) in [4.78, 5) is 26.8. The van der Waals surface area contributed by atoms with E-state index in [2.05, 4.69) is 17.2 Å². The Bertz CT molecular complexity index is 746. The van der Waals surface area contributed by atoms with E-state index in [1.165, 1.54) is 5.56 Å². The summed E-state index contributed by atoms with van der Waals surface area (Å²) < 4.78 is 0. The number of carbonyl (C=O) groups excluding carboxylic acids is 1. The van der Waals surface area contributed by atoms with Crippen LogP contribution in [0.1, 0.15) is 43.7 Å². The minimum Gasteiger partial charge on any atom is -0.326 e. The molecule has 1 amide bonds. The molecule has 21 heavy (non-hydrogen) atoms. The maximum atomic E-state index is 12.1. The Labute approximate surface area is 123 Å². The zero-order valence-corrected chi connectivity index (χ0v) is 12.3. The van der Waals surface area contributed by atoms with Crippen molar-refractivity contribution in [2.45, 2.75) is 45.4 Å². The van der Waals surface area contributed by atoms with Crippen molar-refractivity contribution in [3.63, 3.8) is 0 Å². The van der Waals surface area contributed by atoms with Gasteiger partial charge in [-0.05, 0) is 43.4 Å². The van der Waals surface area contributed by atoms with Gasteiger partial charge in [0.1, 0.15) is 0 Å². The van der Waals surface area contributed by atoms with E-state index < -0.39 is 0 Å². The molecule has 3 rings (SSSR count). The van der Waals surface area contributed by atoms with E-state index in [-0.39, 0.29) is 11.5 Å². The van der Waals surface area contributed by atoms with Gasteiger partial charge in [-0.2, -0.15) is 0 Å². The number of aromatic amines is 1. The standard InChI is InChI=1S/C17H20N2O2/c1-2-3-7-16(20)18-11-8-9-13-12-5-4-6-14(12)17(21)19-15(13)10-11/h8-10H,2-7H2,1H3,(H,18,20)(H,19,21). The highest BCUT2D eigenvalue weighted by atomic mass is 16.1. The number of aryl methyl sites for hydroxylation is 1. The molecule has 0 unspecified atom stereocenters. The molecule has 0 radical (unpaired) electrons. The molecule has 110 valence electrons. The number of amides is 1. The monoisotopic (exact) mass is 284 g/mol. The summed E-state index contributed by atoms with van der Waals surface area (Å²) in [5, 5.41) is 4.00. The van der Waals surface area contributed by atoms with E-state index in [9.17, 15) is 9.59 Å². The molecule has 4 nitrogen and oxygen atoms in total. The fourth-order valence-electron chi connectivity index (χ4n) is 3.04. The van der Waals surface area contributed by atoms with Gasteiger partial charge in [0.25, 0.3) is 5.56 Å². The average molecular weight is 284 g/mol. The number of anilines is 1. The first kappa shape index (κ1) is 13.9. The lowest BCUT2D eigenvalue weighted by molar-refractivity contribution is -0.116. The Balaban J connectivity index is 1.92. The summed E-state index contributed by atoms with van der Waals surface area (Å²) in [6.07, 6.45) is 5.32. The fourth-order valence-corrected chi connectivity index (χ4v) is 3.04. The SMILES string of the molecule is CCCCC(=O)Nc1ccc2c3c(c(=O)[nH]c2c1)CCC3. The third-order valence-corrected chi connectivity index (χ3v) is 4.13. The lowest BCUT2D eigenvalue weighted by Gasteiger charge is -2.09. The number of H-pyrrole nitrogens is 1. The highest BCUT2D eigenvalue weighted by Crippen LogP contribution is 2.27. The van der Waals surface area contributed by atoms with Crippen LogP contribution in [0.5, 0.6) is 0 Å². The third-order valence-electron chi connectivity index (χ3n) is 4.13. The predicted molar refractivity (Wildman–Crippen MR) is 84.7 cm³/mol. The number of rotatable bonds is 4. The summed E-state index contributed by atoms with van der Waals surface area (Å²) in [5.74, 6) is 0.0275. The second-order valence-corrected chi connectivity index (χ2v) is 5.68. The summed E-state index contributed by atoms with van der Waals surface area (Å²) in [7, 11) is 0. The van der Waals surface area contributed by atoms with Crippen LogP contribution in [0.15, 0.2) is 23.0 Å². The Kier molecular flexibility index (Phi) is 3.78. The lowest BCUT2D eigenvalue weighted by Crippen LogP contribution is -2.13. The number of aromatic nitrogens is 1. The van der Waals surface area contributed by atoms with E-state index in [1.54, 1.807) is 0 Å². The second-order valence-electron chi connectivity index (χ2n) is 5.68. The molecule has 4 heteroatoms.